The first-order chi connectivity index (χ1) is 6.82. The zero-order chi connectivity index (χ0) is 11.7. The molecule has 1 fully saturated rings. The van der Waals surface area contributed by atoms with Gasteiger partial charge in [0.15, 0.2) is 5.88 Å². The Bertz CT molecular complexity index is 249. The van der Waals surface area contributed by atoms with Gasteiger partial charge in [-0.15, -0.1) is 0 Å². The Hall–Kier alpha value is -0.443. The van der Waals surface area contributed by atoms with E-state index in [2.05, 4.69) is 52.8 Å². The molecular formula is C12H25NOSi. The van der Waals surface area contributed by atoms with Gasteiger partial charge in [0.1, 0.15) is 0 Å². The first-order valence-corrected chi connectivity index (χ1v) is 8.17. The Morgan fingerprint density at radius 3 is 2.00 bits per heavy atom. The number of nitrogens with zero attached hydrogens (tertiary/aromatic N) is 1. The maximum atomic E-state index is 6.38. The molecule has 0 bridgehead atoms. The highest BCUT2D eigenvalue weighted by molar-refractivity contribution is 6.79. The molecule has 0 aliphatic carbocycles. The maximum Gasteiger partial charge on any atom is 0.258 e. The summed E-state index contributed by atoms with van der Waals surface area (Å²) in [4.78, 5) is 2.08. The minimum Gasteiger partial charge on any atom is -0.532 e. The molecule has 0 radical (unpaired) electrons. The van der Waals surface area contributed by atoms with Crippen molar-refractivity contribution in [3.05, 3.63) is 12.0 Å². The topological polar surface area (TPSA) is 12.5 Å². The molecule has 0 unspecified atom stereocenters. The smallest absolute Gasteiger partial charge is 0.258 e. The van der Waals surface area contributed by atoms with Gasteiger partial charge in [-0.3, -0.25) is 0 Å². The lowest BCUT2D eigenvalue weighted by Crippen LogP contribution is -2.53. The molecule has 0 saturated carbocycles. The van der Waals surface area contributed by atoms with E-state index in [9.17, 15) is 0 Å². The van der Waals surface area contributed by atoms with Crippen LogP contribution in [0.4, 0.5) is 0 Å². The van der Waals surface area contributed by atoms with Crippen LogP contribution >= 0.6 is 0 Å². The van der Waals surface area contributed by atoms with Gasteiger partial charge in [0.05, 0.1) is 0 Å². The van der Waals surface area contributed by atoms with Crippen LogP contribution in [0.25, 0.3) is 0 Å². The molecule has 1 aliphatic rings. The zero-order valence-electron chi connectivity index (χ0n) is 11.1. The second-order valence-corrected chi connectivity index (χ2v) is 10.4. The fourth-order valence-corrected chi connectivity index (χ4v) is 5.82. The molecule has 0 aromatic carbocycles. The molecular weight excluding hydrogens is 202 g/mol. The normalized spacial score (nSPS) is 20.8. The molecule has 1 saturated heterocycles. The third-order valence-electron chi connectivity index (χ3n) is 3.52. The van der Waals surface area contributed by atoms with Gasteiger partial charge in [-0.05, 0) is 30.1 Å². The molecule has 3 heteroatoms. The molecule has 0 aromatic rings. The zero-order valence-corrected chi connectivity index (χ0v) is 12.1. The summed E-state index contributed by atoms with van der Waals surface area (Å²) in [5, 5.41) is 0.357. The Kier molecular flexibility index (Phi) is 3.54. The molecule has 0 N–H and O–H groups in total. The van der Waals surface area contributed by atoms with Gasteiger partial charge in [0.2, 0.25) is 0 Å². The van der Waals surface area contributed by atoms with Crippen LogP contribution in [0.3, 0.4) is 0 Å². The highest BCUT2D eigenvalue weighted by Crippen LogP contribution is 2.51. The van der Waals surface area contributed by atoms with E-state index in [1.807, 2.05) is 0 Å². The van der Waals surface area contributed by atoms with E-state index in [-0.39, 0.29) is 0 Å². The van der Waals surface area contributed by atoms with Crippen LogP contribution in [0, 0.1) is 0 Å². The first-order valence-electron chi connectivity index (χ1n) is 5.85. The number of hydrogen-bond donors (Lipinski definition) is 0. The highest BCUT2D eigenvalue weighted by Gasteiger charge is 2.53. The lowest BCUT2D eigenvalue weighted by Gasteiger charge is -2.49. The average Bonchev–Trinajstić information content (AvgIpc) is 1.99. The van der Waals surface area contributed by atoms with Crippen LogP contribution in [0.15, 0.2) is 12.0 Å². The van der Waals surface area contributed by atoms with Gasteiger partial charge in [0, 0.05) is 14.1 Å². The SMILES string of the molecule is C/C=C(\O[Si]1(C(C)(C)C)CCC1)N(C)C. The first kappa shape index (κ1) is 12.6. The molecule has 0 spiro atoms. The van der Waals surface area contributed by atoms with Crippen molar-refractivity contribution < 1.29 is 4.43 Å². The summed E-state index contributed by atoms with van der Waals surface area (Å²) in [5.74, 6) is 1.05. The lowest BCUT2D eigenvalue weighted by molar-refractivity contribution is 0.244. The largest absolute Gasteiger partial charge is 0.532 e. The van der Waals surface area contributed by atoms with E-state index in [1.165, 1.54) is 18.5 Å². The monoisotopic (exact) mass is 227 g/mol. The summed E-state index contributed by atoms with van der Waals surface area (Å²) in [7, 11) is 2.61. The average molecular weight is 227 g/mol. The van der Waals surface area contributed by atoms with E-state index in [0.717, 1.165) is 5.88 Å². The highest BCUT2D eigenvalue weighted by atomic mass is 28.4. The Morgan fingerprint density at radius 1 is 1.27 bits per heavy atom. The second kappa shape index (κ2) is 4.20. The predicted molar refractivity (Wildman–Crippen MR) is 68.2 cm³/mol. The Morgan fingerprint density at radius 2 is 1.80 bits per heavy atom. The molecule has 1 aliphatic heterocycles. The predicted octanol–water partition coefficient (Wildman–Crippen LogP) is 3.58. The molecule has 0 atom stereocenters. The summed E-state index contributed by atoms with van der Waals surface area (Å²) >= 11 is 0. The number of hydrogen-bond acceptors (Lipinski definition) is 2. The van der Waals surface area contributed by atoms with Crippen molar-refractivity contribution in [1.29, 1.82) is 0 Å². The number of rotatable bonds is 3. The standard InChI is InChI=1S/C12H25NOSi/c1-7-11(13(5)6)14-15(9-8-10-15)12(2,3)4/h7H,8-10H2,1-6H3/b11-7-. The fraction of sp³-hybridized carbons (Fsp3) is 0.833. The Labute approximate surface area is 95.4 Å². The van der Waals surface area contributed by atoms with Crippen molar-refractivity contribution in [3.63, 3.8) is 0 Å². The van der Waals surface area contributed by atoms with Crippen LogP contribution in [0.1, 0.15) is 34.1 Å². The molecule has 88 valence electrons. The van der Waals surface area contributed by atoms with Crippen LogP contribution in [0.2, 0.25) is 17.1 Å². The van der Waals surface area contributed by atoms with E-state index in [4.69, 9.17) is 4.43 Å². The lowest BCUT2D eigenvalue weighted by atomic mass is 10.2. The Balaban J connectivity index is 2.78. The van der Waals surface area contributed by atoms with Crippen molar-refractivity contribution in [2.75, 3.05) is 14.1 Å². The summed E-state index contributed by atoms with van der Waals surface area (Å²) in [6, 6.07) is 2.64. The second-order valence-electron chi connectivity index (χ2n) is 5.72. The number of allylic oxidation sites excluding steroid dienone is 1. The quantitative estimate of drug-likeness (QED) is 0.540. The summed E-state index contributed by atoms with van der Waals surface area (Å²) in [6.45, 7) is 9.06. The third kappa shape index (κ3) is 2.38. The molecule has 1 heterocycles. The van der Waals surface area contributed by atoms with Gasteiger partial charge < -0.3 is 9.33 Å². The summed E-state index contributed by atoms with van der Waals surface area (Å²) < 4.78 is 6.38. The van der Waals surface area contributed by atoms with Crippen LogP contribution in [0.5, 0.6) is 0 Å². The fourth-order valence-electron chi connectivity index (χ4n) is 2.11. The molecule has 0 aromatic heterocycles. The van der Waals surface area contributed by atoms with Crippen LogP contribution in [-0.2, 0) is 4.43 Å². The van der Waals surface area contributed by atoms with E-state index >= 15 is 0 Å². The van der Waals surface area contributed by atoms with Crippen LogP contribution < -0.4 is 0 Å². The van der Waals surface area contributed by atoms with E-state index in [0.29, 0.717) is 5.04 Å². The van der Waals surface area contributed by atoms with Gasteiger partial charge in [-0.1, -0.05) is 27.2 Å². The van der Waals surface area contributed by atoms with Crippen molar-refractivity contribution in [2.24, 2.45) is 0 Å². The molecule has 1 rings (SSSR count). The van der Waals surface area contributed by atoms with Gasteiger partial charge >= 0.3 is 0 Å². The van der Waals surface area contributed by atoms with Crippen molar-refractivity contribution in [2.45, 2.75) is 51.2 Å². The summed E-state index contributed by atoms with van der Waals surface area (Å²) in [5.41, 5.74) is 0. The molecule has 15 heavy (non-hydrogen) atoms. The molecule has 0 amide bonds. The maximum absolute atomic E-state index is 6.38. The van der Waals surface area contributed by atoms with Gasteiger partial charge in [-0.2, -0.15) is 0 Å². The van der Waals surface area contributed by atoms with Gasteiger partial charge in [0.25, 0.3) is 8.32 Å². The van der Waals surface area contributed by atoms with Crippen LogP contribution in [-0.4, -0.2) is 27.3 Å². The van der Waals surface area contributed by atoms with E-state index < -0.39 is 8.32 Å². The minimum atomic E-state index is -1.50. The van der Waals surface area contributed by atoms with E-state index in [1.54, 1.807) is 0 Å². The third-order valence-corrected chi connectivity index (χ3v) is 9.17. The van der Waals surface area contributed by atoms with Crippen molar-refractivity contribution >= 4 is 8.32 Å². The minimum absolute atomic E-state index is 0.357. The molecule has 2 nitrogen and oxygen atoms in total. The summed E-state index contributed by atoms with van der Waals surface area (Å²) in [6.07, 6.45) is 3.44. The van der Waals surface area contributed by atoms with Crippen molar-refractivity contribution in [3.8, 4) is 0 Å². The van der Waals surface area contributed by atoms with Gasteiger partial charge in [-0.25, -0.2) is 0 Å². The van der Waals surface area contributed by atoms with Crippen molar-refractivity contribution in [1.82, 2.24) is 4.90 Å².